The van der Waals surface area contributed by atoms with Gasteiger partial charge in [-0.15, -0.1) is 0 Å². The second-order valence-electron chi connectivity index (χ2n) is 3.84. The molecule has 0 amide bonds. The predicted octanol–water partition coefficient (Wildman–Crippen LogP) is 4.97. The van der Waals surface area contributed by atoms with Crippen LogP contribution in [0, 0.1) is 0 Å². The Bertz CT molecular complexity index is 576. The highest BCUT2D eigenvalue weighted by Crippen LogP contribution is 2.26. The topological polar surface area (TPSA) is 17.1 Å². The molecule has 0 fully saturated rings. The van der Waals surface area contributed by atoms with Gasteiger partial charge in [0, 0.05) is 16.5 Å². The molecule has 2 aromatic rings. The van der Waals surface area contributed by atoms with Crippen molar-refractivity contribution in [3.05, 3.63) is 58.1 Å². The Morgan fingerprint density at radius 2 is 1.56 bits per heavy atom. The molecule has 0 radical (unpaired) electrons. The van der Waals surface area contributed by atoms with E-state index in [0.717, 1.165) is 16.7 Å². The van der Waals surface area contributed by atoms with Gasteiger partial charge in [-0.2, -0.15) is 0 Å². The summed E-state index contributed by atoms with van der Waals surface area (Å²) in [6.45, 7) is 0. The lowest BCUT2D eigenvalue weighted by Gasteiger charge is -2.06. The van der Waals surface area contributed by atoms with E-state index in [0.29, 0.717) is 10.0 Å². The third kappa shape index (κ3) is 3.26. The second kappa shape index (κ2) is 5.75. The summed E-state index contributed by atoms with van der Waals surface area (Å²) in [6, 6.07) is 13.0. The van der Waals surface area contributed by atoms with Gasteiger partial charge in [-0.1, -0.05) is 41.4 Å². The van der Waals surface area contributed by atoms with Crippen molar-refractivity contribution >= 4 is 40.0 Å². The molecule has 2 aromatic carbocycles. The van der Waals surface area contributed by atoms with Crippen LogP contribution >= 0.6 is 34.8 Å². The van der Waals surface area contributed by atoms with Gasteiger partial charge in [-0.25, -0.2) is 0 Å². The molecular formula is C14H9Cl3O. The fraction of sp³-hybridized carbons (Fsp3) is 0.0714. The van der Waals surface area contributed by atoms with Crippen LogP contribution in [0.4, 0.5) is 0 Å². The van der Waals surface area contributed by atoms with E-state index >= 15 is 0 Å². The summed E-state index contributed by atoms with van der Waals surface area (Å²) in [5, 5.41) is 0.802. The molecule has 0 bridgehead atoms. The molecule has 0 aromatic heterocycles. The number of carbonyl (C=O) groups excluding carboxylic acids is 1. The largest absolute Gasteiger partial charge is 0.281 e. The maximum absolute atomic E-state index is 10.9. The van der Waals surface area contributed by atoms with E-state index in [1.165, 1.54) is 0 Å². The number of rotatable bonds is 3. The van der Waals surface area contributed by atoms with Crippen molar-refractivity contribution in [3.63, 3.8) is 0 Å². The highest BCUT2D eigenvalue weighted by atomic mass is 35.5. The van der Waals surface area contributed by atoms with E-state index in [-0.39, 0.29) is 6.42 Å². The molecular weight excluding hydrogens is 291 g/mol. The molecule has 0 spiro atoms. The number of hydrogen-bond donors (Lipinski definition) is 0. The van der Waals surface area contributed by atoms with E-state index in [9.17, 15) is 4.79 Å². The molecule has 0 atom stereocenters. The predicted molar refractivity (Wildman–Crippen MR) is 76.5 cm³/mol. The summed E-state index contributed by atoms with van der Waals surface area (Å²) in [4.78, 5) is 10.9. The van der Waals surface area contributed by atoms with Gasteiger partial charge < -0.3 is 0 Å². The molecule has 0 unspecified atom stereocenters. The van der Waals surface area contributed by atoms with Gasteiger partial charge >= 0.3 is 0 Å². The van der Waals surface area contributed by atoms with Crippen LogP contribution in [0.1, 0.15) is 5.56 Å². The average molecular weight is 300 g/mol. The summed E-state index contributed by atoms with van der Waals surface area (Å²) in [5.41, 5.74) is 2.72. The van der Waals surface area contributed by atoms with Gasteiger partial charge in [0.1, 0.15) is 0 Å². The Morgan fingerprint density at radius 1 is 0.944 bits per heavy atom. The minimum atomic E-state index is -0.426. The number of carbonyl (C=O) groups is 1. The highest BCUT2D eigenvalue weighted by Gasteiger charge is 2.07. The Morgan fingerprint density at radius 3 is 2.17 bits per heavy atom. The normalized spacial score (nSPS) is 10.4. The molecule has 1 nitrogen and oxygen atoms in total. The van der Waals surface area contributed by atoms with Crippen LogP contribution in [0.15, 0.2) is 42.5 Å². The monoisotopic (exact) mass is 298 g/mol. The molecule has 0 N–H and O–H groups in total. The Labute approximate surface area is 120 Å². The number of hydrogen-bond acceptors (Lipinski definition) is 1. The van der Waals surface area contributed by atoms with Crippen LogP contribution in [0.3, 0.4) is 0 Å². The molecule has 18 heavy (non-hydrogen) atoms. The minimum Gasteiger partial charge on any atom is -0.281 e. The van der Waals surface area contributed by atoms with Gasteiger partial charge in [0.2, 0.25) is 5.24 Å². The molecule has 0 saturated carbocycles. The summed E-state index contributed by atoms with van der Waals surface area (Å²) >= 11 is 17.3. The number of benzene rings is 2. The third-order valence-electron chi connectivity index (χ3n) is 2.55. The van der Waals surface area contributed by atoms with Gasteiger partial charge in [0.25, 0.3) is 0 Å². The molecule has 2 rings (SSSR count). The molecule has 0 aliphatic heterocycles. The molecule has 0 heterocycles. The zero-order valence-corrected chi connectivity index (χ0v) is 11.6. The number of halogens is 3. The van der Waals surface area contributed by atoms with Crippen molar-refractivity contribution in [1.29, 1.82) is 0 Å². The Kier molecular flexibility index (Phi) is 4.28. The van der Waals surface area contributed by atoms with Gasteiger partial charge in [0.15, 0.2) is 0 Å². The van der Waals surface area contributed by atoms with Crippen molar-refractivity contribution in [1.82, 2.24) is 0 Å². The summed E-state index contributed by atoms with van der Waals surface area (Å²) in [7, 11) is 0. The van der Waals surface area contributed by atoms with Gasteiger partial charge in [-0.3, -0.25) is 4.79 Å². The molecule has 0 saturated heterocycles. The first kappa shape index (κ1) is 13.4. The SMILES string of the molecule is O=C(Cl)Cc1cc(-c2ccc(Cl)cc2)ccc1Cl. The van der Waals surface area contributed by atoms with Crippen LogP contribution in [0.5, 0.6) is 0 Å². The Hall–Kier alpha value is -1.02. The van der Waals surface area contributed by atoms with Gasteiger partial charge in [0.05, 0.1) is 0 Å². The first-order valence-electron chi connectivity index (χ1n) is 5.29. The zero-order valence-electron chi connectivity index (χ0n) is 9.29. The summed E-state index contributed by atoms with van der Waals surface area (Å²) in [5.74, 6) is 0. The summed E-state index contributed by atoms with van der Waals surface area (Å²) in [6.07, 6.45) is 0.127. The van der Waals surface area contributed by atoms with Crippen molar-refractivity contribution in [3.8, 4) is 11.1 Å². The van der Waals surface area contributed by atoms with Crippen molar-refractivity contribution in [2.75, 3.05) is 0 Å². The van der Waals surface area contributed by atoms with Gasteiger partial charge in [-0.05, 0) is 52.6 Å². The maximum atomic E-state index is 10.9. The zero-order chi connectivity index (χ0) is 13.1. The van der Waals surface area contributed by atoms with Crippen LogP contribution in [-0.4, -0.2) is 5.24 Å². The molecule has 4 heteroatoms. The molecule has 0 aliphatic rings. The van der Waals surface area contributed by atoms with E-state index in [2.05, 4.69) is 0 Å². The van der Waals surface area contributed by atoms with Crippen molar-refractivity contribution < 1.29 is 4.79 Å². The first-order valence-corrected chi connectivity index (χ1v) is 6.42. The van der Waals surface area contributed by atoms with Crippen LogP contribution in [-0.2, 0) is 11.2 Å². The van der Waals surface area contributed by atoms with Crippen LogP contribution in [0.2, 0.25) is 10.0 Å². The lowest BCUT2D eigenvalue weighted by molar-refractivity contribution is -0.111. The van der Waals surface area contributed by atoms with Crippen LogP contribution < -0.4 is 0 Å². The van der Waals surface area contributed by atoms with Crippen molar-refractivity contribution in [2.45, 2.75) is 6.42 Å². The minimum absolute atomic E-state index is 0.127. The van der Waals surface area contributed by atoms with Crippen LogP contribution in [0.25, 0.3) is 11.1 Å². The van der Waals surface area contributed by atoms with Crippen molar-refractivity contribution in [2.24, 2.45) is 0 Å². The highest BCUT2D eigenvalue weighted by molar-refractivity contribution is 6.63. The smallest absolute Gasteiger partial charge is 0.226 e. The fourth-order valence-electron chi connectivity index (χ4n) is 1.68. The van der Waals surface area contributed by atoms with E-state index < -0.39 is 5.24 Å². The van der Waals surface area contributed by atoms with E-state index in [4.69, 9.17) is 34.8 Å². The average Bonchev–Trinajstić information content (AvgIpc) is 2.32. The Balaban J connectivity index is 2.40. The van der Waals surface area contributed by atoms with E-state index in [1.54, 1.807) is 6.07 Å². The first-order chi connectivity index (χ1) is 8.56. The third-order valence-corrected chi connectivity index (χ3v) is 3.31. The summed E-state index contributed by atoms with van der Waals surface area (Å²) < 4.78 is 0. The lowest BCUT2D eigenvalue weighted by Crippen LogP contribution is -1.95. The van der Waals surface area contributed by atoms with E-state index in [1.807, 2.05) is 36.4 Å². The fourth-order valence-corrected chi connectivity index (χ4v) is 2.14. The maximum Gasteiger partial charge on any atom is 0.226 e. The standard InChI is InChI=1S/C14H9Cl3O/c15-12-4-1-9(2-5-12)10-3-6-13(16)11(7-10)8-14(17)18/h1-7H,8H2. The quantitative estimate of drug-likeness (QED) is 0.731. The lowest BCUT2D eigenvalue weighted by atomic mass is 10.0. The molecule has 0 aliphatic carbocycles. The molecule has 92 valence electrons. The second-order valence-corrected chi connectivity index (χ2v) is 5.11.